The number of rotatable bonds is 5. The molecule has 0 bridgehead atoms. The first kappa shape index (κ1) is 22.1. The molecule has 5 rings (SSSR count). The van der Waals surface area contributed by atoms with Crippen molar-refractivity contribution < 1.29 is 24.5 Å². The lowest BCUT2D eigenvalue weighted by Gasteiger charge is -2.45. The Morgan fingerprint density at radius 3 is 2.82 bits per heavy atom. The van der Waals surface area contributed by atoms with E-state index >= 15 is 0 Å². The number of fused-ring (bicyclic) bond motifs is 3. The molecule has 1 fully saturated rings. The van der Waals surface area contributed by atoms with Gasteiger partial charge in [-0.1, -0.05) is 23.7 Å². The van der Waals surface area contributed by atoms with E-state index in [2.05, 4.69) is 11.5 Å². The van der Waals surface area contributed by atoms with E-state index in [0.29, 0.717) is 43.0 Å². The molecule has 2 aromatic carbocycles. The van der Waals surface area contributed by atoms with E-state index in [0.717, 1.165) is 36.3 Å². The number of aliphatic hydroxyl groups excluding tert-OH is 1. The van der Waals surface area contributed by atoms with Crippen LogP contribution in [-0.4, -0.2) is 48.6 Å². The van der Waals surface area contributed by atoms with Crippen molar-refractivity contribution in [3.63, 3.8) is 0 Å². The van der Waals surface area contributed by atoms with Crippen molar-refractivity contribution in [3.8, 4) is 11.5 Å². The van der Waals surface area contributed by atoms with Crippen molar-refractivity contribution in [1.82, 2.24) is 0 Å². The van der Waals surface area contributed by atoms with Gasteiger partial charge in [-0.15, -0.1) is 6.58 Å². The Labute approximate surface area is 198 Å². The van der Waals surface area contributed by atoms with Gasteiger partial charge in [-0.2, -0.15) is 0 Å². The molecule has 7 heteroatoms. The molecule has 4 atom stereocenters. The molecular formula is C26H28ClNO5. The standard InChI is InChI=1S/C26H28ClNO5/c1-2-22(29)19-6-3-17(19)13-28-14-26(9-10-32-24-12-18(27)5-7-20(24)26)15-33-23-8-4-16(25(30)31)11-21(23)28/h2,4-5,7-8,11-12,17,19,22,29H,1,3,6,9-10,13-15H2,(H,30,31)/t17-,19+,22-,26?/m0/s1. The molecule has 1 unspecified atom stereocenters. The zero-order chi connectivity index (χ0) is 23.2. The number of aliphatic hydroxyl groups is 1. The van der Waals surface area contributed by atoms with E-state index in [-0.39, 0.29) is 16.9 Å². The van der Waals surface area contributed by atoms with E-state index in [4.69, 9.17) is 21.1 Å². The molecule has 2 N–H and O–H groups in total. The van der Waals surface area contributed by atoms with Gasteiger partial charge in [-0.05, 0) is 61.4 Å². The quantitative estimate of drug-likeness (QED) is 0.626. The lowest BCUT2D eigenvalue weighted by molar-refractivity contribution is 0.0458. The van der Waals surface area contributed by atoms with Crippen LogP contribution >= 0.6 is 11.6 Å². The van der Waals surface area contributed by atoms with Gasteiger partial charge in [-0.25, -0.2) is 4.79 Å². The zero-order valence-corrected chi connectivity index (χ0v) is 19.1. The molecule has 33 heavy (non-hydrogen) atoms. The average Bonchev–Trinajstić information content (AvgIpc) is 2.93. The van der Waals surface area contributed by atoms with Crippen molar-refractivity contribution in [2.24, 2.45) is 11.8 Å². The Hall–Kier alpha value is -2.70. The molecule has 2 aromatic rings. The lowest BCUT2D eigenvalue weighted by Crippen LogP contribution is -2.50. The largest absolute Gasteiger partial charge is 0.493 e. The second-order valence-electron chi connectivity index (χ2n) is 9.40. The minimum atomic E-state index is -0.966. The summed E-state index contributed by atoms with van der Waals surface area (Å²) in [5.41, 5.74) is 1.75. The molecule has 1 spiro atoms. The number of carbonyl (C=O) groups is 1. The first-order valence-electron chi connectivity index (χ1n) is 11.4. The Morgan fingerprint density at radius 2 is 2.09 bits per heavy atom. The molecule has 1 saturated carbocycles. The molecule has 2 heterocycles. The van der Waals surface area contributed by atoms with Crippen LogP contribution in [0.2, 0.25) is 5.02 Å². The van der Waals surface area contributed by atoms with Gasteiger partial charge < -0.3 is 24.6 Å². The molecule has 0 radical (unpaired) electrons. The van der Waals surface area contributed by atoms with E-state index < -0.39 is 12.1 Å². The molecule has 0 saturated heterocycles. The van der Waals surface area contributed by atoms with Gasteiger partial charge in [0.2, 0.25) is 0 Å². The fourth-order valence-electron chi connectivity index (χ4n) is 5.48. The van der Waals surface area contributed by atoms with Gasteiger partial charge in [0.25, 0.3) is 0 Å². The van der Waals surface area contributed by atoms with Gasteiger partial charge in [0.1, 0.15) is 11.5 Å². The van der Waals surface area contributed by atoms with Crippen molar-refractivity contribution in [1.29, 1.82) is 0 Å². The van der Waals surface area contributed by atoms with Gasteiger partial charge in [-0.3, -0.25) is 0 Å². The first-order chi connectivity index (χ1) is 15.9. The van der Waals surface area contributed by atoms with Crippen molar-refractivity contribution >= 4 is 23.3 Å². The third kappa shape index (κ3) is 3.96. The molecule has 6 nitrogen and oxygen atoms in total. The van der Waals surface area contributed by atoms with E-state index in [1.165, 1.54) is 0 Å². The summed E-state index contributed by atoms with van der Waals surface area (Å²) in [6, 6.07) is 10.8. The average molecular weight is 470 g/mol. The van der Waals surface area contributed by atoms with Gasteiger partial charge in [0, 0.05) is 23.7 Å². The van der Waals surface area contributed by atoms with E-state index in [1.54, 1.807) is 24.3 Å². The van der Waals surface area contributed by atoms with Crippen molar-refractivity contribution in [3.05, 3.63) is 65.2 Å². The normalized spacial score (nSPS) is 26.7. The van der Waals surface area contributed by atoms with E-state index in [9.17, 15) is 15.0 Å². The Bertz CT molecular complexity index is 1090. The van der Waals surface area contributed by atoms with Crippen LogP contribution in [0, 0.1) is 11.8 Å². The summed E-state index contributed by atoms with van der Waals surface area (Å²) in [6.45, 7) is 6.14. The number of carboxylic acids is 1. The number of benzene rings is 2. The fourth-order valence-corrected chi connectivity index (χ4v) is 5.64. The van der Waals surface area contributed by atoms with Crippen LogP contribution in [0.25, 0.3) is 0 Å². The SMILES string of the molecule is C=C[C@H](O)[C@@H]1CC[C@H]1CN1CC2(CCOc3cc(Cl)ccc32)COc2ccc(C(=O)O)cc21. The van der Waals surface area contributed by atoms with Crippen molar-refractivity contribution in [2.45, 2.75) is 30.8 Å². The second-order valence-corrected chi connectivity index (χ2v) is 9.84. The van der Waals surface area contributed by atoms with E-state index in [1.807, 2.05) is 18.2 Å². The monoisotopic (exact) mass is 469 g/mol. The highest BCUT2D eigenvalue weighted by Gasteiger charge is 2.44. The molecular weight excluding hydrogens is 442 g/mol. The minimum Gasteiger partial charge on any atom is -0.493 e. The van der Waals surface area contributed by atoms with Crippen LogP contribution < -0.4 is 14.4 Å². The Balaban J connectivity index is 1.55. The number of aromatic carboxylic acids is 1. The number of hydrogen-bond acceptors (Lipinski definition) is 5. The zero-order valence-electron chi connectivity index (χ0n) is 18.4. The number of nitrogens with zero attached hydrogens (tertiary/aromatic N) is 1. The first-order valence-corrected chi connectivity index (χ1v) is 11.8. The molecule has 0 amide bonds. The molecule has 174 valence electrons. The smallest absolute Gasteiger partial charge is 0.335 e. The van der Waals surface area contributed by atoms with Crippen LogP contribution in [0.4, 0.5) is 5.69 Å². The second kappa shape index (κ2) is 8.58. The number of ether oxygens (including phenoxy) is 2. The predicted octanol–water partition coefficient (Wildman–Crippen LogP) is 4.53. The Morgan fingerprint density at radius 1 is 1.24 bits per heavy atom. The summed E-state index contributed by atoms with van der Waals surface area (Å²) >= 11 is 6.23. The maximum atomic E-state index is 11.7. The topological polar surface area (TPSA) is 79.2 Å². The predicted molar refractivity (Wildman–Crippen MR) is 127 cm³/mol. The third-order valence-electron chi connectivity index (χ3n) is 7.51. The van der Waals surface area contributed by atoms with Gasteiger partial charge in [0.15, 0.2) is 0 Å². The number of anilines is 1. The third-order valence-corrected chi connectivity index (χ3v) is 7.74. The van der Waals surface area contributed by atoms with Gasteiger partial charge in [0.05, 0.1) is 36.0 Å². The summed E-state index contributed by atoms with van der Waals surface area (Å²) in [5.74, 6) is 0.942. The molecule has 3 aliphatic rings. The number of carboxylic acid groups (broad SMARTS) is 1. The molecule has 2 aliphatic heterocycles. The molecule has 1 aliphatic carbocycles. The minimum absolute atomic E-state index is 0.162. The summed E-state index contributed by atoms with van der Waals surface area (Å²) in [5, 5.41) is 20.6. The summed E-state index contributed by atoms with van der Waals surface area (Å²) < 4.78 is 12.3. The maximum absolute atomic E-state index is 11.7. The Kier molecular flexibility index (Phi) is 5.75. The summed E-state index contributed by atoms with van der Waals surface area (Å²) in [4.78, 5) is 14.0. The number of halogens is 1. The fraction of sp³-hybridized carbons (Fsp3) is 0.423. The highest BCUT2D eigenvalue weighted by atomic mass is 35.5. The van der Waals surface area contributed by atoms with Crippen LogP contribution in [0.3, 0.4) is 0 Å². The molecule has 0 aromatic heterocycles. The maximum Gasteiger partial charge on any atom is 0.335 e. The lowest BCUT2D eigenvalue weighted by atomic mass is 9.70. The van der Waals surface area contributed by atoms with Crippen LogP contribution in [-0.2, 0) is 5.41 Å². The van der Waals surface area contributed by atoms with Crippen LogP contribution in [0.1, 0.15) is 35.2 Å². The summed E-state index contributed by atoms with van der Waals surface area (Å²) in [6.07, 6.45) is 3.84. The van der Waals surface area contributed by atoms with Crippen LogP contribution in [0.5, 0.6) is 11.5 Å². The van der Waals surface area contributed by atoms with Gasteiger partial charge >= 0.3 is 5.97 Å². The number of hydrogen-bond donors (Lipinski definition) is 2. The van der Waals surface area contributed by atoms with Crippen molar-refractivity contribution in [2.75, 3.05) is 31.2 Å². The van der Waals surface area contributed by atoms with Crippen LogP contribution in [0.15, 0.2) is 49.1 Å². The highest BCUT2D eigenvalue weighted by molar-refractivity contribution is 6.30. The highest BCUT2D eigenvalue weighted by Crippen LogP contribution is 2.47. The summed E-state index contributed by atoms with van der Waals surface area (Å²) in [7, 11) is 0.